The molecule has 0 bridgehead atoms. The van der Waals surface area contributed by atoms with Gasteiger partial charge in [0, 0.05) is 36.6 Å². The predicted molar refractivity (Wildman–Crippen MR) is 148 cm³/mol. The first-order valence-electron chi connectivity index (χ1n) is 11.9. The summed E-state index contributed by atoms with van der Waals surface area (Å²) in [5, 5.41) is 0. The molecule has 4 heteroatoms. The maximum absolute atomic E-state index is 14.2. The Morgan fingerprint density at radius 2 is 0.861 bits per heavy atom. The maximum Gasteiger partial charge on any atom is 0.211 e. The van der Waals surface area contributed by atoms with E-state index in [-0.39, 0.29) is 11.6 Å². The fourth-order valence-corrected chi connectivity index (χ4v) is 4.24. The van der Waals surface area contributed by atoms with Crippen LogP contribution < -0.4 is 9.80 Å². The lowest BCUT2D eigenvalue weighted by atomic mass is 9.98. The molecule has 0 aliphatic rings. The van der Waals surface area contributed by atoms with E-state index in [1.54, 1.807) is 12.1 Å². The monoisotopic (exact) mass is 474 g/mol. The van der Waals surface area contributed by atoms with Crippen molar-refractivity contribution in [1.82, 2.24) is 0 Å². The van der Waals surface area contributed by atoms with Crippen LogP contribution >= 0.6 is 0 Å². The largest absolute Gasteiger partial charge is 0.340 e. The number of para-hydroxylation sites is 2. The van der Waals surface area contributed by atoms with Crippen molar-refractivity contribution in [2.75, 3.05) is 23.9 Å². The standard InChI is InChI=1S/C32H30N2O2/c1-23-13-11-15-25(21-23)31(35)29(33(3)27-17-7-5-8-18-27)30(34(4)28-19-9-6-10-20-28)32(36)26-16-12-14-24(2)22-26/h5-22H,1-4H3/b30-29-. The normalized spacial score (nSPS) is 11.4. The van der Waals surface area contributed by atoms with E-state index < -0.39 is 0 Å². The zero-order chi connectivity index (χ0) is 25.7. The van der Waals surface area contributed by atoms with Gasteiger partial charge in [0.05, 0.1) is 0 Å². The van der Waals surface area contributed by atoms with Crippen LogP contribution in [0.5, 0.6) is 0 Å². The molecule has 0 spiro atoms. The average molecular weight is 475 g/mol. The van der Waals surface area contributed by atoms with Crippen LogP contribution in [0, 0.1) is 13.8 Å². The Labute approximate surface area is 213 Å². The van der Waals surface area contributed by atoms with Gasteiger partial charge in [0.15, 0.2) is 0 Å². The molecule has 4 aromatic carbocycles. The van der Waals surface area contributed by atoms with Crippen molar-refractivity contribution < 1.29 is 9.59 Å². The minimum absolute atomic E-state index is 0.219. The lowest BCUT2D eigenvalue weighted by Crippen LogP contribution is -2.34. The summed E-state index contributed by atoms with van der Waals surface area (Å²) in [5.41, 5.74) is 5.26. The molecule has 0 N–H and O–H groups in total. The molecule has 0 saturated carbocycles. The van der Waals surface area contributed by atoms with E-state index in [1.807, 2.05) is 135 Å². The lowest BCUT2D eigenvalue weighted by molar-refractivity contribution is 0.0995. The number of benzene rings is 4. The Hall–Kier alpha value is -4.44. The smallest absolute Gasteiger partial charge is 0.211 e. The molecule has 180 valence electrons. The molecule has 4 nitrogen and oxygen atoms in total. The van der Waals surface area contributed by atoms with Crippen LogP contribution in [0.3, 0.4) is 0 Å². The molecule has 0 radical (unpaired) electrons. The lowest BCUT2D eigenvalue weighted by Gasteiger charge is -2.30. The van der Waals surface area contributed by atoms with Crippen LogP contribution in [0.15, 0.2) is 121 Å². The summed E-state index contributed by atoms with van der Waals surface area (Å²) in [6.45, 7) is 3.91. The first-order chi connectivity index (χ1) is 17.4. The SMILES string of the molecule is Cc1cccc(C(=O)/C(=C(\C(=O)c2cccc(C)c2)N(C)c2ccccc2)N(C)c2ccccc2)c1. The molecule has 0 aliphatic carbocycles. The highest BCUT2D eigenvalue weighted by atomic mass is 16.1. The van der Waals surface area contributed by atoms with Crippen LogP contribution in [0.2, 0.25) is 0 Å². The van der Waals surface area contributed by atoms with Gasteiger partial charge in [0.1, 0.15) is 11.4 Å². The maximum atomic E-state index is 14.2. The van der Waals surface area contributed by atoms with E-state index in [4.69, 9.17) is 0 Å². The van der Waals surface area contributed by atoms with Crippen molar-refractivity contribution in [2.45, 2.75) is 13.8 Å². The molecular weight excluding hydrogens is 444 g/mol. The van der Waals surface area contributed by atoms with Crippen molar-refractivity contribution in [3.8, 4) is 0 Å². The summed E-state index contributed by atoms with van der Waals surface area (Å²) in [6, 6.07) is 34.2. The van der Waals surface area contributed by atoms with E-state index >= 15 is 0 Å². The number of carbonyl (C=O) groups excluding carboxylic acids is 2. The Morgan fingerprint density at radius 3 is 1.19 bits per heavy atom. The zero-order valence-electron chi connectivity index (χ0n) is 21.1. The van der Waals surface area contributed by atoms with Gasteiger partial charge in [-0.2, -0.15) is 0 Å². The predicted octanol–water partition coefficient (Wildman–Crippen LogP) is 6.85. The molecule has 0 atom stereocenters. The Bertz CT molecular complexity index is 1300. The van der Waals surface area contributed by atoms with Gasteiger partial charge in [-0.05, 0) is 50.2 Å². The Kier molecular flexibility index (Phi) is 7.45. The first kappa shape index (κ1) is 24.7. The van der Waals surface area contributed by atoms with Crippen molar-refractivity contribution >= 4 is 22.9 Å². The molecule has 0 fully saturated rings. The Morgan fingerprint density at radius 1 is 0.500 bits per heavy atom. The fraction of sp³-hybridized carbons (Fsp3) is 0.125. The number of rotatable bonds is 8. The molecule has 36 heavy (non-hydrogen) atoms. The van der Waals surface area contributed by atoms with Gasteiger partial charge in [-0.1, -0.05) is 83.9 Å². The average Bonchev–Trinajstić information content (AvgIpc) is 2.91. The topological polar surface area (TPSA) is 40.6 Å². The van der Waals surface area contributed by atoms with E-state index in [2.05, 4.69) is 0 Å². The van der Waals surface area contributed by atoms with Gasteiger partial charge < -0.3 is 9.80 Å². The van der Waals surface area contributed by atoms with Crippen molar-refractivity contribution in [3.63, 3.8) is 0 Å². The molecular formula is C32H30N2O2. The van der Waals surface area contributed by atoms with Crippen LogP contribution in [0.4, 0.5) is 11.4 Å². The van der Waals surface area contributed by atoms with E-state index in [0.717, 1.165) is 22.5 Å². The second kappa shape index (κ2) is 10.9. The number of Topliss-reactive ketones (excluding diaryl/α,β-unsaturated/α-hetero) is 2. The molecule has 0 aliphatic heterocycles. The molecule has 0 unspecified atom stereocenters. The molecule has 0 saturated heterocycles. The summed E-state index contributed by atoms with van der Waals surface area (Å²) in [5.74, 6) is -0.437. The number of likely N-dealkylation sites (N-methyl/N-ethyl adjacent to an activating group) is 2. The third kappa shape index (κ3) is 5.28. The van der Waals surface area contributed by atoms with Gasteiger partial charge >= 0.3 is 0 Å². The highest BCUT2D eigenvalue weighted by Gasteiger charge is 2.30. The fourth-order valence-electron chi connectivity index (χ4n) is 4.24. The van der Waals surface area contributed by atoms with Crippen LogP contribution in [-0.4, -0.2) is 25.7 Å². The van der Waals surface area contributed by atoms with E-state index in [9.17, 15) is 9.59 Å². The van der Waals surface area contributed by atoms with Crippen LogP contribution in [-0.2, 0) is 0 Å². The molecule has 0 amide bonds. The van der Waals surface area contributed by atoms with Gasteiger partial charge in [-0.25, -0.2) is 0 Å². The number of hydrogen-bond acceptors (Lipinski definition) is 4. The van der Waals surface area contributed by atoms with Crippen LogP contribution in [0.1, 0.15) is 31.8 Å². The number of hydrogen-bond donors (Lipinski definition) is 0. The van der Waals surface area contributed by atoms with Gasteiger partial charge in [0.2, 0.25) is 11.6 Å². The summed E-state index contributed by atoms with van der Waals surface area (Å²) < 4.78 is 0. The summed E-state index contributed by atoms with van der Waals surface area (Å²) in [6.07, 6.45) is 0. The number of allylic oxidation sites excluding steroid dienone is 2. The second-order valence-electron chi connectivity index (χ2n) is 8.88. The molecule has 0 heterocycles. The highest BCUT2D eigenvalue weighted by Crippen LogP contribution is 2.29. The highest BCUT2D eigenvalue weighted by molar-refractivity contribution is 6.20. The van der Waals surface area contributed by atoms with Gasteiger partial charge in [0.25, 0.3) is 0 Å². The number of anilines is 2. The molecule has 4 rings (SSSR count). The van der Waals surface area contributed by atoms with E-state index in [0.29, 0.717) is 22.5 Å². The summed E-state index contributed by atoms with van der Waals surface area (Å²) in [4.78, 5) is 32.1. The number of ketones is 2. The second-order valence-corrected chi connectivity index (χ2v) is 8.88. The first-order valence-corrected chi connectivity index (χ1v) is 11.9. The minimum Gasteiger partial charge on any atom is -0.340 e. The number of aryl methyl sites for hydroxylation is 2. The summed E-state index contributed by atoms with van der Waals surface area (Å²) >= 11 is 0. The van der Waals surface area contributed by atoms with Crippen LogP contribution in [0.25, 0.3) is 0 Å². The Balaban J connectivity index is 2.02. The third-order valence-corrected chi connectivity index (χ3v) is 6.17. The van der Waals surface area contributed by atoms with Gasteiger partial charge in [-0.3, -0.25) is 9.59 Å². The third-order valence-electron chi connectivity index (χ3n) is 6.17. The minimum atomic E-state index is -0.219. The quantitative estimate of drug-likeness (QED) is 0.207. The number of carbonyl (C=O) groups is 2. The number of nitrogens with zero attached hydrogens (tertiary/aromatic N) is 2. The summed E-state index contributed by atoms with van der Waals surface area (Å²) in [7, 11) is 3.67. The zero-order valence-corrected chi connectivity index (χ0v) is 21.1. The van der Waals surface area contributed by atoms with Gasteiger partial charge in [-0.15, -0.1) is 0 Å². The molecule has 0 aromatic heterocycles. The van der Waals surface area contributed by atoms with Crippen molar-refractivity contribution in [3.05, 3.63) is 143 Å². The van der Waals surface area contributed by atoms with E-state index in [1.165, 1.54) is 0 Å². The molecule has 4 aromatic rings. The van der Waals surface area contributed by atoms with Crippen molar-refractivity contribution in [1.29, 1.82) is 0 Å². The van der Waals surface area contributed by atoms with Crippen molar-refractivity contribution in [2.24, 2.45) is 0 Å².